The standard InChI is InChI=1S/C9H18N2O3.C9H16N2O3.C7H11N3O.C7H14N2O.C6H9N3O2.C6H8N3O.C5H12N2O2.C4H10N2O.C4H9NO.C4H6O2.C2H4O2.CH4O3S.ClH.Li.H2O.H2S/c2*1-6(7(2)12)10-11-8(13)14-9(3,4)5;1-5(6(2)11)10-4-8-7(3)9-10;1-5(8)4-9-6(2)7(3)10;1-4(6(10)11)9-3-7-5(2)8-9;1-5(3-10)9-4-7-6(2)8-9;1-5(2,3)9-4(8)7-6;1-3(6-5)4(2)7;1-3-6-4(2)5;1-3(5)4(2)6;1-2(3)4;1-5(2,3)4;;;;/h6,10H,1-5H3,(H,11,13);1-5H3,(H,11,13);4-5H,1-3H3;6,8-9H,4H2,1-3H3;3-4H,1-2H3,(H,10,11);4-5H,1-2H3;6H2,1-3H3,(H,7,8);3,6H,5H2,1-2H3;5H,3H2,1-2H3;1-2H3;1H3,(H,3,4);1H3,(H,2,3,4);1H;;2*1H2/q;;;;;-1;;;;;;;;+1;;/p-1/b;10-6+;;;;;;;;;;;;;;/t6-;;5-;6-;4-;5-;;3-;;;;;;;;/m0.0000.0......../s1. The number of halogens is 1. The number of aryl methyl sites for hydroxylation is 3. The Bertz CT molecular complexity index is 3280. The molecule has 3 heterocycles. The van der Waals surface area contributed by atoms with E-state index in [-0.39, 0.29) is 126 Å². The minimum absolute atomic E-state index is 0. The smallest absolute Gasteiger partial charge is 0.870 e. The number of carbonyl (C=O) groups is 12. The van der Waals surface area contributed by atoms with Crippen molar-refractivity contribution in [1.29, 1.82) is 10.8 Å². The van der Waals surface area contributed by atoms with Crippen molar-refractivity contribution in [2.75, 3.05) is 19.4 Å². The predicted octanol–water partition coefficient (Wildman–Crippen LogP) is 2.24. The summed E-state index contributed by atoms with van der Waals surface area (Å²) in [6, 6.07) is -1.92. The molecule has 0 bridgehead atoms. The van der Waals surface area contributed by atoms with Crippen LogP contribution in [0.25, 0.3) is 0 Å². The summed E-state index contributed by atoms with van der Waals surface area (Å²) in [6.45, 7) is 50.1. The number of aromatic nitrogens is 9. The Kier molecular flexibility index (Phi) is 84.8. The first kappa shape index (κ1) is 132. The second kappa shape index (κ2) is 71.6. The average Bonchev–Trinajstić information content (AvgIpc) is 1.77. The van der Waals surface area contributed by atoms with E-state index in [1.54, 1.807) is 163 Å². The second-order valence-electron chi connectivity index (χ2n) is 24.9. The van der Waals surface area contributed by atoms with E-state index in [1.807, 2.05) is 12.3 Å². The van der Waals surface area contributed by atoms with Gasteiger partial charge in [0.25, 0.3) is 16.1 Å². The van der Waals surface area contributed by atoms with Crippen molar-refractivity contribution in [1.82, 2.24) is 76.7 Å². The largest absolute Gasteiger partial charge is 1.00 e. The quantitative estimate of drug-likeness (QED) is 0.00782. The number of hydrogen-bond acceptors (Lipinski definition) is 34. The number of rotatable bonds is 19. The Morgan fingerprint density at radius 3 is 1.12 bits per heavy atom. The third-order valence-corrected chi connectivity index (χ3v) is 10.3. The molecular formula is C64H125ClLiN20O23S2-. The van der Waals surface area contributed by atoms with Crippen LogP contribution in [0.15, 0.2) is 24.1 Å². The Hall–Kier alpha value is -8.75. The second-order valence-corrected chi connectivity index (χ2v) is 26.3. The van der Waals surface area contributed by atoms with E-state index < -0.39 is 69.2 Å². The molecule has 111 heavy (non-hydrogen) atoms. The van der Waals surface area contributed by atoms with E-state index in [0.717, 1.165) is 6.92 Å². The van der Waals surface area contributed by atoms with E-state index in [0.29, 0.717) is 42.6 Å². The van der Waals surface area contributed by atoms with Gasteiger partial charge in [0.1, 0.15) is 88.4 Å². The van der Waals surface area contributed by atoms with E-state index >= 15 is 0 Å². The summed E-state index contributed by atoms with van der Waals surface area (Å²) in [5.41, 5.74) is 10.3. The number of hydrazine groups is 3. The molecule has 43 nitrogen and oxygen atoms in total. The number of carbonyl (C=O) groups excluding carboxylic acids is 11. The van der Waals surface area contributed by atoms with Crippen molar-refractivity contribution >= 4 is 130 Å². The first-order valence-corrected chi connectivity index (χ1v) is 33.9. The van der Waals surface area contributed by atoms with Gasteiger partial charge in [0.15, 0.2) is 29.0 Å². The van der Waals surface area contributed by atoms with E-state index in [2.05, 4.69) is 67.1 Å². The molecule has 47 heteroatoms. The third-order valence-electron chi connectivity index (χ3n) is 10.3. The number of nitrogens with two attached hydrogens (primary N) is 2. The van der Waals surface area contributed by atoms with Gasteiger partial charge in [-0.3, -0.25) is 75.1 Å². The molecule has 0 unspecified atom stereocenters. The number of amides is 3. The number of carboxylic acid groups (broad SMARTS) is 2. The number of hydrogen-bond donors (Lipinski definition) is 13. The van der Waals surface area contributed by atoms with Crippen molar-refractivity contribution in [2.45, 2.75) is 261 Å². The van der Waals surface area contributed by atoms with Crippen LogP contribution in [-0.4, -0.2) is 222 Å². The van der Waals surface area contributed by atoms with Crippen molar-refractivity contribution in [2.24, 2.45) is 16.8 Å². The molecule has 0 aliphatic rings. The topological polar surface area (TPSA) is 660 Å². The fourth-order valence-electron chi connectivity index (χ4n) is 4.17. The number of aliphatic carboxylic acids is 2. The molecule has 640 valence electrons. The normalized spacial score (nSPS) is 11.4. The molecule has 6 atom stereocenters. The molecule has 0 radical (unpaired) electrons. The Morgan fingerprint density at radius 1 is 0.586 bits per heavy atom. The zero-order chi connectivity index (χ0) is 86.9. The number of carboxylic acids is 2. The number of nitrogens with zero attached hydrogens (tertiary/aromatic N) is 10. The Morgan fingerprint density at radius 2 is 0.910 bits per heavy atom. The van der Waals surface area contributed by atoms with Crippen molar-refractivity contribution in [3.8, 4) is 0 Å². The van der Waals surface area contributed by atoms with Crippen LogP contribution in [0.1, 0.15) is 223 Å². The fourth-order valence-corrected chi connectivity index (χ4v) is 4.17. The monoisotopic (exact) mass is 1650 g/mol. The molecule has 3 aromatic rings. The summed E-state index contributed by atoms with van der Waals surface area (Å²) in [5, 5.41) is 48.0. The van der Waals surface area contributed by atoms with Gasteiger partial charge in [-0.2, -0.15) is 42.3 Å². The van der Waals surface area contributed by atoms with Gasteiger partial charge in [-0.25, -0.2) is 66.5 Å². The molecule has 0 aliphatic carbocycles. The molecule has 0 saturated heterocycles. The minimum Gasteiger partial charge on any atom is -0.870 e. The molecule has 0 saturated carbocycles. The number of ketones is 7. The zero-order valence-electron chi connectivity index (χ0n) is 70.1. The molecule has 0 fully saturated rings. The first-order valence-electron chi connectivity index (χ1n) is 32.0. The number of ether oxygens (including phenoxy) is 4. The van der Waals surface area contributed by atoms with Crippen LogP contribution < -0.4 is 63.0 Å². The van der Waals surface area contributed by atoms with Crippen LogP contribution in [0.4, 0.5) is 14.4 Å². The van der Waals surface area contributed by atoms with E-state index in [1.165, 1.54) is 70.5 Å². The van der Waals surface area contributed by atoms with Crippen molar-refractivity contribution in [3.05, 3.63) is 36.5 Å². The zero-order valence-corrected chi connectivity index (χ0v) is 72.7. The number of nitrogens with one attached hydrogen (secondary N) is 8. The van der Waals surface area contributed by atoms with Crippen molar-refractivity contribution < 1.29 is 129 Å². The van der Waals surface area contributed by atoms with Gasteiger partial charge in [0.05, 0.1) is 31.0 Å². The first-order chi connectivity index (χ1) is 48.2. The SMILES string of the molecule is CC(=N)CN[C@@H](C)C(C)=O.CC(=O)/C(C)=N/NC(=O)OC(C)(C)C.CC(=O)C(C)=O.CC(=O)O.CC(=O)[C@H](C)NN.CC(=O)[C@H](C)NNC(=O)OC(C)(C)C.CC(=O)[C@H](C)n1cnc(C)n1.CC(C)(C)OC(=O)NN.CCOC(C)=N.CS(=O)(=O)O.Cc1ncn([C@@H](C)C(=O)O)n1.Cc1ncn([C@@H](C)[C-]=O)n1.Cl.S.[Li+].[OH-]. The maximum Gasteiger partial charge on any atom is 1.00 e. The predicted molar refractivity (Wildman–Crippen MR) is 418 cm³/mol. The Balaban J connectivity index is -0.0000000867. The molecular weight excluding hydrogens is 1520 g/mol. The van der Waals surface area contributed by atoms with E-state index in [9.17, 15) is 66.0 Å². The van der Waals surface area contributed by atoms with Crippen LogP contribution in [0.5, 0.6) is 0 Å². The van der Waals surface area contributed by atoms with Crippen molar-refractivity contribution in [3.63, 3.8) is 0 Å². The van der Waals surface area contributed by atoms with Gasteiger partial charge in [-0.1, -0.05) is 6.92 Å². The summed E-state index contributed by atoms with van der Waals surface area (Å²) in [5.74, 6) is 9.40. The molecule has 0 aromatic carbocycles. The average molecular weight is 1650 g/mol. The van der Waals surface area contributed by atoms with Crippen LogP contribution in [0.2, 0.25) is 0 Å². The van der Waals surface area contributed by atoms with Gasteiger partial charge in [-0.15, -0.1) is 12.4 Å². The third kappa shape index (κ3) is 105. The maximum absolute atomic E-state index is 11.1. The Labute approximate surface area is 676 Å². The van der Waals surface area contributed by atoms with Gasteiger partial charge < -0.3 is 50.2 Å². The molecule has 3 aromatic heterocycles. The van der Waals surface area contributed by atoms with Crippen LogP contribution in [0, 0.1) is 31.6 Å². The summed E-state index contributed by atoms with van der Waals surface area (Å²) in [6.07, 6.45) is 5.15. The van der Waals surface area contributed by atoms with Crippen LogP contribution in [-0.2, 0) is 77.0 Å². The molecule has 16 N–H and O–H groups in total. The number of Topliss-reactive ketones (excluding diaryl/α,β-unsaturated/α-hetero) is 7. The summed E-state index contributed by atoms with van der Waals surface area (Å²) < 4.78 is 49.4. The molecule has 0 aliphatic heterocycles. The molecule has 0 spiro atoms. The number of hydrazone groups is 1. The van der Waals surface area contributed by atoms with Crippen LogP contribution in [0.3, 0.4) is 0 Å². The summed E-state index contributed by atoms with van der Waals surface area (Å²) >= 11 is 0. The summed E-state index contributed by atoms with van der Waals surface area (Å²) in [4.78, 5) is 146. The molecule has 3 amide bonds. The van der Waals surface area contributed by atoms with Gasteiger partial charge in [-0.05, 0) is 172 Å². The molecule has 3 rings (SSSR count). The van der Waals surface area contributed by atoms with Gasteiger partial charge in [0, 0.05) is 46.9 Å². The maximum atomic E-state index is 11.1. The minimum atomic E-state index is -3.67. The van der Waals surface area contributed by atoms with Gasteiger partial charge >= 0.3 is 43.1 Å². The van der Waals surface area contributed by atoms with Crippen LogP contribution >= 0.6 is 25.9 Å². The van der Waals surface area contributed by atoms with Gasteiger partial charge in [0.2, 0.25) is 0 Å². The van der Waals surface area contributed by atoms with E-state index in [4.69, 9.17) is 56.3 Å². The fraction of sp³-hybridized carbons (Fsp3) is 0.656. The summed E-state index contributed by atoms with van der Waals surface area (Å²) in [7, 11) is -3.67.